The first-order valence-electron chi connectivity index (χ1n) is 5.16. The van der Waals surface area contributed by atoms with Crippen LogP contribution in [0.3, 0.4) is 0 Å². The molecule has 1 unspecified atom stereocenters. The second kappa shape index (κ2) is 5.26. The normalized spacial score (nSPS) is 21.4. The number of alkyl halides is 1. The number of rotatable bonds is 4. The van der Waals surface area contributed by atoms with Gasteiger partial charge < -0.3 is 15.4 Å². The van der Waals surface area contributed by atoms with E-state index in [1.165, 1.54) is 0 Å². The highest BCUT2D eigenvalue weighted by molar-refractivity contribution is 6.28. The topological polar surface area (TPSA) is 50.8 Å². The lowest BCUT2D eigenvalue weighted by Crippen LogP contribution is -2.45. The lowest BCUT2D eigenvalue weighted by Gasteiger charge is -2.36. The molecule has 0 aromatic carbocycles. The Balaban J connectivity index is 2.95. The number of nitrogens with two attached hydrogens (primary N) is 1. The summed E-state index contributed by atoms with van der Waals surface area (Å²) >= 11 is 6.16. The zero-order chi connectivity index (χ0) is 11.4. The summed E-state index contributed by atoms with van der Waals surface area (Å²) in [6.45, 7) is 4.23. The van der Waals surface area contributed by atoms with Crippen molar-refractivity contribution in [1.29, 1.82) is 0 Å². The monoisotopic (exact) mass is 231 g/mol. The molecular formula is C10H18ClN3O. The van der Waals surface area contributed by atoms with Gasteiger partial charge in [-0.05, 0) is 12.8 Å². The summed E-state index contributed by atoms with van der Waals surface area (Å²) in [6, 6.07) is 0.324. The minimum Gasteiger partial charge on any atom is -0.478 e. The zero-order valence-corrected chi connectivity index (χ0v) is 10.2. The third-order valence-corrected chi connectivity index (χ3v) is 2.93. The highest BCUT2D eigenvalue weighted by Gasteiger charge is 2.28. The van der Waals surface area contributed by atoms with Crippen LogP contribution in [0.15, 0.2) is 16.7 Å². The van der Waals surface area contributed by atoms with E-state index in [1.54, 1.807) is 13.3 Å². The van der Waals surface area contributed by atoms with Crippen LogP contribution >= 0.6 is 11.6 Å². The third-order valence-electron chi connectivity index (χ3n) is 2.61. The van der Waals surface area contributed by atoms with Crippen LogP contribution in [0.2, 0.25) is 0 Å². The Morgan fingerprint density at radius 1 is 1.60 bits per heavy atom. The van der Waals surface area contributed by atoms with Crippen LogP contribution < -0.4 is 5.73 Å². The molecule has 0 fully saturated rings. The van der Waals surface area contributed by atoms with Crippen molar-refractivity contribution in [2.75, 3.05) is 7.11 Å². The molecule has 1 aliphatic rings. The molecule has 0 radical (unpaired) electrons. The van der Waals surface area contributed by atoms with Crippen molar-refractivity contribution >= 4 is 17.8 Å². The van der Waals surface area contributed by atoms with Gasteiger partial charge in [0.05, 0.1) is 7.11 Å². The maximum absolute atomic E-state index is 6.16. The van der Waals surface area contributed by atoms with E-state index in [2.05, 4.69) is 18.8 Å². The maximum atomic E-state index is 6.16. The van der Waals surface area contributed by atoms with Gasteiger partial charge >= 0.3 is 0 Å². The second-order valence-electron chi connectivity index (χ2n) is 3.42. The van der Waals surface area contributed by atoms with Crippen molar-refractivity contribution in [3.05, 3.63) is 11.7 Å². The fraction of sp³-hybridized carbons (Fsp3) is 0.700. The lowest BCUT2D eigenvalue weighted by molar-refractivity contribution is 0.203. The van der Waals surface area contributed by atoms with Crippen LogP contribution in [-0.4, -0.2) is 29.8 Å². The van der Waals surface area contributed by atoms with Gasteiger partial charge in [0, 0.05) is 12.3 Å². The second-order valence-corrected chi connectivity index (χ2v) is 3.87. The van der Waals surface area contributed by atoms with Gasteiger partial charge in [-0.3, -0.25) is 0 Å². The Kier molecular flexibility index (Phi) is 4.27. The smallest absolute Gasteiger partial charge is 0.254 e. The minimum atomic E-state index is -0.284. The molecule has 0 saturated heterocycles. The Hall–Kier alpha value is -0.900. The molecule has 0 aromatic heterocycles. The Morgan fingerprint density at radius 3 is 2.67 bits per heavy atom. The molecule has 86 valence electrons. The summed E-state index contributed by atoms with van der Waals surface area (Å²) in [4.78, 5) is 6.00. The van der Waals surface area contributed by atoms with E-state index in [1.807, 2.05) is 4.90 Å². The summed E-state index contributed by atoms with van der Waals surface area (Å²) in [5, 5.41) is 0. The lowest BCUT2D eigenvalue weighted by atomic mass is 10.1. The highest BCUT2D eigenvalue weighted by Crippen LogP contribution is 2.23. The number of hydrogen-bond acceptors (Lipinski definition) is 4. The number of aliphatic imine (C=N–C) groups is 1. The minimum absolute atomic E-state index is 0.284. The van der Waals surface area contributed by atoms with Gasteiger partial charge in [0.15, 0.2) is 5.82 Å². The van der Waals surface area contributed by atoms with Gasteiger partial charge in [0.2, 0.25) is 0 Å². The summed E-state index contributed by atoms with van der Waals surface area (Å²) in [6.07, 6.45) is 3.63. The Morgan fingerprint density at radius 2 is 2.20 bits per heavy atom. The van der Waals surface area contributed by atoms with Crippen molar-refractivity contribution in [2.45, 2.75) is 38.2 Å². The number of hydrogen-bond donors (Lipinski definition) is 1. The summed E-state index contributed by atoms with van der Waals surface area (Å²) in [7, 11) is 1.55. The average Bonchev–Trinajstić information content (AvgIpc) is 2.24. The van der Waals surface area contributed by atoms with Gasteiger partial charge in [0.25, 0.3) is 5.88 Å². The molecule has 0 bridgehead atoms. The molecule has 2 N–H and O–H groups in total. The number of halogens is 1. The van der Waals surface area contributed by atoms with Crippen LogP contribution in [0, 0.1) is 0 Å². The van der Waals surface area contributed by atoms with Crippen LogP contribution in [0.1, 0.15) is 26.7 Å². The molecule has 1 heterocycles. The largest absolute Gasteiger partial charge is 0.478 e. The maximum Gasteiger partial charge on any atom is 0.254 e. The van der Waals surface area contributed by atoms with E-state index >= 15 is 0 Å². The van der Waals surface area contributed by atoms with E-state index < -0.39 is 0 Å². The van der Waals surface area contributed by atoms with E-state index in [-0.39, 0.29) is 5.50 Å². The fourth-order valence-corrected chi connectivity index (χ4v) is 2.07. The van der Waals surface area contributed by atoms with E-state index in [4.69, 9.17) is 22.1 Å². The molecule has 1 atom stereocenters. The fourth-order valence-electron chi connectivity index (χ4n) is 1.75. The Bertz CT molecular complexity index is 274. The van der Waals surface area contributed by atoms with Gasteiger partial charge in [-0.25, -0.2) is 4.99 Å². The first kappa shape index (κ1) is 12.2. The number of methoxy groups -OCH3 is 1. The first-order valence-corrected chi connectivity index (χ1v) is 5.59. The average molecular weight is 232 g/mol. The van der Waals surface area contributed by atoms with Crippen molar-refractivity contribution in [1.82, 2.24) is 4.90 Å². The highest BCUT2D eigenvalue weighted by atomic mass is 35.5. The van der Waals surface area contributed by atoms with Gasteiger partial charge in [-0.1, -0.05) is 25.4 Å². The standard InChI is InChI=1S/C10H18ClN3O/c1-4-7(5-2)14-8(11)6-13-10(15-3)9(14)12/h6-8H,4-5,12H2,1-3H3. The van der Waals surface area contributed by atoms with Gasteiger partial charge in [-0.15, -0.1) is 0 Å². The molecular weight excluding hydrogens is 214 g/mol. The van der Waals surface area contributed by atoms with Crippen LogP contribution in [-0.2, 0) is 4.74 Å². The van der Waals surface area contributed by atoms with Gasteiger partial charge in [0.1, 0.15) is 5.50 Å². The molecule has 0 aliphatic carbocycles. The Labute approximate surface area is 95.7 Å². The van der Waals surface area contributed by atoms with E-state index in [9.17, 15) is 0 Å². The molecule has 4 nitrogen and oxygen atoms in total. The van der Waals surface area contributed by atoms with Crippen LogP contribution in [0.4, 0.5) is 0 Å². The summed E-state index contributed by atoms with van der Waals surface area (Å²) in [5.74, 6) is 0.965. The van der Waals surface area contributed by atoms with Crippen LogP contribution in [0.25, 0.3) is 0 Å². The summed E-state index contributed by atoms with van der Waals surface area (Å²) in [5.41, 5.74) is 5.68. The predicted molar refractivity (Wildman–Crippen MR) is 62.6 cm³/mol. The quantitative estimate of drug-likeness (QED) is 0.594. The molecule has 0 saturated carbocycles. The van der Waals surface area contributed by atoms with Crippen LogP contribution in [0.5, 0.6) is 0 Å². The predicted octanol–water partition coefficient (Wildman–Crippen LogP) is 1.86. The number of nitrogens with zero attached hydrogens (tertiary/aromatic N) is 2. The van der Waals surface area contributed by atoms with E-state index in [0.29, 0.717) is 17.7 Å². The van der Waals surface area contributed by atoms with Gasteiger partial charge in [-0.2, -0.15) is 0 Å². The molecule has 5 heteroatoms. The molecule has 0 amide bonds. The van der Waals surface area contributed by atoms with Crippen molar-refractivity contribution in [2.24, 2.45) is 10.7 Å². The third kappa shape index (κ3) is 2.37. The molecule has 1 aliphatic heterocycles. The van der Waals surface area contributed by atoms with Crippen molar-refractivity contribution in [3.63, 3.8) is 0 Å². The molecule has 1 rings (SSSR count). The zero-order valence-electron chi connectivity index (χ0n) is 9.40. The SMILES string of the molecule is CCC(CC)N1C(N)=C(OC)N=CC1Cl. The van der Waals surface area contributed by atoms with E-state index in [0.717, 1.165) is 12.8 Å². The molecule has 0 aromatic rings. The number of ether oxygens (including phenoxy) is 1. The first-order chi connectivity index (χ1) is 7.15. The van der Waals surface area contributed by atoms with Crippen molar-refractivity contribution < 1.29 is 4.74 Å². The molecule has 15 heavy (non-hydrogen) atoms. The summed E-state index contributed by atoms with van der Waals surface area (Å²) < 4.78 is 5.08. The van der Waals surface area contributed by atoms with Crippen molar-refractivity contribution in [3.8, 4) is 0 Å². The molecule has 0 spiro atoms.